The number of benzene rings is 1. The van der Waals surface area contributed by atoms with E-state index in [1.807, 2.05) is 18.2 Å². The zero-order chi connectivity index (χ0) is 11.3. The van der Waals surface area contributed by atoms with Crippen molar-refractivity contribution >= 4 is 27.3 Å². The van der Waals surface area contributed by atoms with Crippen molar-refractivity contribution in [3.05, 3.63) is 22.7 Å². The first-order chi connectivity index (χ1) is 7.17. The van der Waals surface area contributed by atoms with Gasteiger partial charge in [0.25, 0.3) is 0 Å². The highest BCUT2D eigenvalue weighted by Crippen LogP contribution is 2.26. The molecule has 0 fully saturated rings. The third-order valence-electron chi connectivity index (χ3n) is 2.48. The van der Waals surface area contributed by atoms with Gasteiger partial charge < -0.3 is 11.1 Å². The minimum Gasteiger partial charge on any atom is -0.399 e. The van der Waals surface area contributed by atoms with Gasteiger partial charge in [0.05, 0.1) is 0 Å². The molecule has 0 aliphatic rings. The van der Waals surface area contributed by atoms with Crippen LogP contribution in [0.25, 0.3) is 0 Å². The second-order valence-electron chi connectivity index (χ2n) is 3.78. The van der Waals surface area contributed by atoms with Crippen LogP contribution in [0.1, 0.15) is 33.1 Å². The maximum absolute atomic E-state index is 5.69. The zero-order valence-electron chi connectivity index (χ0n) is 9.39. The summed E-state index contributed by atoms with van der Waals surface area (Å²) >= 11 is 3.51. The normalized spacial score (nSPS) is 12.5. The molecule has 15 heavy (non-hydrogen) atoms. The third-order valence-corrected chi connectivity index (χ3v) is 3.14. The molecule has 84 valence electrons. The molecule has 1 aromatic carbocycles. The largest absolute Gasteiger partial charge is 0.399 e. The summed E-state index contributed by atoms with van der Waals surface area (Å²) in [6.45, 7) is 4.42. The molecule has 0 aliphatic heterocycles. The van der Waals surface area contributed by atoms with Crippen LogP contribution >= 0.6 is 15.9 Å². The lowest BCUT2D eigenvalue weighted by molar-refractivity contribution is 0.622. The van der Waals surface area contributed by atoms with Crippen molar-refractivity contribution in [1.82, 2.24) is 0 Å². The second kappa shape index (κ2) is 6.01. The second-order valence-corrected chi connectivity index (χ2v) is 4.63. The number of halogens is 1. The molecule has 0 spiro atoms. The molecule has 3 heteroatoms. The van der Waals surface area contributed by atoms with Crippen molar-refractivity contribution in [3.8, 4) is 0 Å². The molecular weight excluding hydrogens is 252 g/mol. The minimum absolute atomic E-state index is 0.551. The topological polar surface area (TPSA) is 38.0 Å². The molecule has 1 aromatic rings. The van der Waals surface area contributed by atoms with E-state index in [-0.39, 0.29) is 0 Å². The maximum Gasteiger partial charge on any atom is 0.0488 e. The lowest BCUT2D eigenvalue weighted by Gasteiger charge is -2.18. The number of hydrogen-bond donors (Lipinski definition) is 2. The van der Waals surface area contributed by atoms with Crippen molar-refractivity contribution in [3.63, 3.8) is 0 Å². The number of hydrogen-bond acceptors (Lipinski definition) is 2. The van der Waals surface area contributed by atoms with Crippen LogP contribution in [-0.2, 0) is 0 Å². The first-order valence-electron chi connectivity index (χ1n) is 5.49. The van der Waals surface area contributed by atoms with Gasteiger partial charge in [-0.3, -0.25) is 0 Å². The first kappa shape index (κ1) is 12.4. The average Bonchev–Trinajstić information content (AvgIpc) is 2.21. The lowest BCUT2D eigenvalue weighted by Crippen LogP contribution is -2.18. The van der Waals surface area contributed by atoms with Crippen LogP contribution in [-0.4, -0.2) is 6.04 Å². The monoisotopic (exact) mass is 270 g/mol. The zero-order valence-corrected chi connectivity index (χ0v) is 11.0. The highest BCUT2D eigenvalue weighted by molar-refractivity contribution is 9.10. The van der Waals surface area contributed by atoms with E-state index in [9.17, 15) is 0 Å². The molecule has 0 saturated heterocycles. The highest BCUT2D eigenvalue weighted by Gasteiger charge is 2.06. The number of rotatable bonds is 5. The quantitative estimate of drug-likeness (QED) is 0.794. The average molecular weight is 271 g/mol. The van der Waals surface area contributed by atoms with Gasteiger partial charge in [-0.15, -0.1) is 0 Å². The van der Waals surface area contributed by atoms with Crippen LogP contribution in [0.5, 0.6) is 0 Å². The molecular formula is C12H19BrN2. The molecule has 1 rings (SSSR count). The van der Waals surface area contributed by atoms with Crippen molar-refractivity contribution < 1.29 is 0 Å². The fraction of sp³-hybridized carbons (Fsp3) is 0.500. The van der Waals surface area contributed by atoms with Gasteiger partial charge in [0, 0.05) is 21.9 Å². The maximum atomic E-state index is 5.69. The van der Waals surface area contributed by atoms with E-state index in [2.05, 4.69) is 35.1 Å². The van der Waals surface area contributed by atoms with E-state index in [1.165, 1.54) is 12.8 Å². The Morgan fingerprint density at radius 1 is 1.40 bits per heavy atom. The predicted molar refractivity (Wildman–Crippen MR) is 71.2 cm³/mol. The van der Waals surface area contributed by atoms with Gasteiger partial charge in [-0.05, 0) is 47.0 Å². The van der Waals surface area contributed by atoms with E-state index in [0.29, 0.717) is 6.04 Å². The Bertz CT molecular complexity index is 312. The van der Waals surface area contributed by atoms with Crippen molar-refractivity contribution in [2.45, 2.75) is 39.2 Å². The Morgan fingerprint density at radius 3 is 2.67 bits per heavy atom. The molecule has 1 unspecified atom stereocenters. The highest BCUT2D eigenvalue weighted by atomic mass is 79.9. The third kappa shape index (κ3) is 3.74. The minimum atomic E-state index is 0.551. The molecule has 3 N–H and O–H groups in total. The Balaban J connectivity index is 2.70. The Hall–Kier alpha value is -0.700. The molecule has 0 bridgehead atoms. The summed E-state index contributed by atoms with van der Waals surface area (Å²) < 4.78 is 1.04. The molecule has 0 heterocycles. The van der Waals surface area contributed by atoms with Crippen molar-refractivity contribution in [1.29, 1.82) is 0 Å². The summed E-state index contributed by atoms with van der Waals surface area (Å²) in [7, 11) is 0. The fourth-order valence-corrected chi connectivity index (χ4v) is 2.11. The Kier molecular flexibility index (Phi) is 4.95. The number of nitrogen functional groups attached to an aromatic ring is 1. The van der Waals surface area contributed by atoms with Gasteiger partial charge in [0.1, 0.15) is 0 Å². The van der Waals surface area contributed by atoms with E-state index in [4.69, 9.17) is 5.73 Å². The van der Waals surface area contributed by atoms with E-state index < -0.39 is 0 Å². The number of anilines is 2. The van der Waals surface area contributed by atoms with Gasteiger partial charge >= 0.3 is 0 Å². The van der Waals surface area contributed by atoms with Gasteiger partial charge in [0.2, 0.25) is 0 Å². The summed E-state index contributed by atoms with van der Waals surface area (Å²) in [5, 5.41) is 3.52. The van der Waals surface area contributed by atoms with Crippen molar-refractivity contribution in [2.24, 2.45) is 0 Å². The molecule has 0 aromatic heterocycles. The SMILES string of the molecule is CCCC(CC)Nc1ccc(N)cc1Br. The smallest absolute Gasteiger partial charge is 0.0488 e. The lowest BCUT2D eigenvalue weighted by atomic mass is 10.1. The number of nitrogens with two attached hydrogens (primary N) is 1. The van der Waals surface area contributed by atoms with Gasteiger partial charge in [-0.1, -0.05) is 20.3 Å². The van der Waals surface area contributed by atoms with Gasteiger partial charge in [-0.25, -0.2) is 0 Å². The van der Waals surface area contributed by atoms with E-state index in [1.54, 1.807) is 0 Å². The van der Waals surface area contributed by atoms with E-state index >= 15 is 0 Å². The molecule has 2 nitrogen and oxygen atoms in total. The summed E-state index contributed by atoms with van der Waals surface area (Å²) in [4.78, 5) is 0. The van der Waals surface area contributed by atoms with Crippen LogP contribution in [0.15, 0.2) is 22.7 Å². The molecule has 0 aliphatic carbocycles. The first-order valence-corrected chi connectivity index (χ1v) is 6.28. The molecule has 1 atom stereocenters. The summed E-state index contributed by atoms with van der Waals surface area (Å²) in [5.74, 6) is 0. The van der Waals surface area contributed by atoms with Gasteiger partial charge in [0.15, 0.2) is 0 Å². The summed E-state index contributed by atoms with van der Waals surface area (Å²) in [6, 6.07) is 6.43. The molecule has 0 amide bonds. The van der Waals surface area contributed by atoms with Crippen LogP contribution in [0, 0.1) is 0 Å². The standard InChI is InChI=1S/C12H19BrN2/c1-3-5-10(4-2)15-12-7-6-9(14)8-11(12)13/h6-8,10,15H,3-5,14H2,1-2H3. The summed E-state index contributed by atoms with van der Waals surface area (Å²) in [6.07, 6.45) is 3.55. The Morgan fingerprint density at radius 2 is 2.13 bits per heavy atom. The number of nitrogens with one attached hydrogen (secondary N) is 1. The van der Waals surface area contributed by atoms with Crippen LogP contribution < -0.4 is 11.1 Å². The van der Waals surface area contributed by atoms with E-state index in [0.717, 1.165) is 22.3 Å². The van der Waals surface area contributed by atoms with Crippen LogP contribution in [0.4, 0.5) is 11.4 Å². The van der Waals surface area contributed by atoms with Gasteiger partial charge in [-0.2, -0.15) is 0 Å². The molecule has 0 radical (unpaired) electrons. The summed E-state index contributed by atoms with van der Waals surface area (Å²) in [5.41, 5.74) is 7.61. The predicted octanol–water partition coefficient (Wildman–Crippen LogP) is 4.02. The Labute approximate surface area is 100 Å². The molecule has 0 saturated carbocycles. The van der Waals surface area contributed by atoms with Crippen molar-refractivity contribution in [2.75, 3.05) is 11.1 Å². The van der Waals surface area contributed by atoms with Crippen LogP contribution in [0.3, 0.4) is 0 Å². The van der Waals surface area contributed by atoms with Crippen LogP contribution in [0.2, 0.25) is 0 Å². The fourth-order valence-electron chi connectivity index (χ4n) is 1.60.